The second-order valence-corrected chi connectivity index (χ2v) is 9.25. The molecular weight excluding hydrogens is 420 g/mol. The standard InChI is InChI=1S/C27H31N2O2.ClH/c1-3-20-18-29(17-19-7-5-4-6-8-19)14-12-21(20)15-26(29)27(30)23-11-13-28-25-10-9-22(31-2)16-24(23)25;/h3-11,13,16,20-21,26-27,30H,1,12,14-15,17-18H2,2H3;1H/q+1;/p-1/t20?,21?,26-,27-,29?;/m1./s1. The SMILES string of the molecule is C=CC1C[N+]2(Cc3ccccc3)CCC1C[C@@H]2[C@H](O)c1ccnc2ccc(OC)cc12.[Cl-]. The fourth-order valence-corrected chi connectivity index (χ4v) is 6.07. The van der Waals surface area contributed by atoms with Crippen LogP contribution >= 0.6 is 0 Å². The maximum Gasteiger partial charge on any atom is 0.131 e. The van der Waals surface area contributed by atoms with Crippen LogP contribution in [0.25, 0.3) is 10.9 Å². The summed E-state index contributed by atoms with van der Waals surface area (Å²) in [4.78, 5) is 4.52. The Hall–Kier alpha value is -2.40. The number of benzene rings is 2. The van der Waals surface area contributed by atoms with Gasteiger partial charge in [-0.1, -0.05) is 36.4 Å². The highest BCUT2D eigenvalue weighted by Gasteiger charge is 2.53. The molecule has 4 heterocycles. The number of pyridine rings is 1. The average Bonchev–Trinajstić information content (AvgIpc) is 2.83. The molecule has 0 aliphatic carbocycles. The van der Waals surface area contributed by atoms with Crippen LogP contribution in [0.5, 0.6) is 5.75 Å². The second-order valence-electron chi connectivity index (χ2n) is 9.25. The van der Waals surface area contributed by atoms with Gasteiger partial charge in [0.2, 0.25) is 0 Å². The molecule has 3 unspecified atom stereocenters. The lowest BCUT2D eigenvalue weighted by atomic mass is 9.71. The molecule has 0 amide bonds. The fourth-order valence-electron chi connectivity index (χ4n) is 6.07. The van der Waals surface area contributed by atoms with Crippen LogP contribution in [0, 0.1) is 11.8 Å². The summed E-state index contributed by atoms with van der Waals surface area (Å²) in [5.74, 6) is 1.92. The van der Waals surface area contributed by atoms with Crippen molar-refractivity contribution in [3.63, 3.8) is 0 Å². The zero-order valence-corrected chi connectivity index (χ0v) is 19.3. The van der Waals surface area contributed by atoms with Gasteiger partial charge in [0.15, 0.2) is 0 Å². The van der Waals surface area contributed by atoms with Gasteiger partial charge in [0.1, 0.15) is 24.4 Å². The summed E-state index contributed by atoms with van der Waals surface area (Å²) in [6, 6.07) is 18.8. The first kappa shape index (κ1) is 22.8. The quantitative estimate of drug-likeness (QED) is 0.460. The van der Waals surface area contributed by atoms with Gasteiger partial charge >= 0.3 is 0 Å². The van der Waals surface area contributed by atoms with Gasteiger partial charge < -0.3 is 26.7 Å². The summed E-state index contributed by atoms with van der Waals surface area (Å²) in [5.41, 5.74) is 3.19. The predicted molar refractivity (Wildman–Crippen MR) is 124 cm³/mol. The van der Waals surface area contributed by atoms with E-state index in [1.165, 1.54) is 12.0 Å². The van der Waals surface area contributed by atoms with E-state index in [0.717, 1.165) is 52.8 Å². The highest BCUT2D eigenvalue weighted by Crippen LogP contribution is 2.48. The maximum absolute atomic E-state index is 11.8. The van der Waals surface area contributed by atoms with Gasteiger partial charge in [0.05, 0.1) is 25.7 Å². The highest BCUT2D eigenvalue weighted by molar-refractivity contribution is 5.83. The number of quaternary nitrogens is 1. The molecule has 4 nitrogen and oxygen atoms in total. The molecule has 3 aliphatic rings. The zero-order chi connectivity index (χ0) is 21.4. The van der Waals surface area contributed by atoms with Gasteiger partial charge in [-0.25, -0.2) is 0 Å². The van der Waals surface area contributed by atoms with E-state index in [9.17, 15) is 5.11 Å². The van der Waals surface area contributed by atoms with Crippen molar-refractivity contribution < 1.29 is 26.7 Å². The zero-order valence-electron chi connectivity index (χ0n) is 18.5. The van der Waals surface area contributed by atoms with E-state index in [-0.39, 0.29) is 18.4 Å². The van der Waals surface area contributed by atoms with Crippen molar-refractivity contribution in [3.8, 4) is 5.75 Å². The maximum atomic E-state index is 11.8. The largest absolute Gasteiger partial charge is 1.00 e. The number of hydrogen-bond acceptors (Lipinski definition) is 3. The minimum absolute atomic E-state index is 0. The smallest absolute Gasteiger partial charge is 0.131 e. The first-order valence-electron chi connectivity index (χ1n) is 11.3. The van der Waals surface area contributed by atoms with Crippen LogP contribution < -0.4 is 17.1 Å². The first-order valence-corrected chi connectivity index (χ1v) is 11.3. The molecule has 1 aromatic heterocycles. The van der Waals surface area contributed by atoms with E-state index in [4.69, 9.17) is 4.74 Å². The van der Waals surface area contributed by atoms with Crippen molar-refractivity contribution in [2.45, 2.75) is 31.5 Å². The minimum atomic E-state index is -0.546. The minimum Gasteiger partial charge on any atom is -1.00 e. The van der Waals surface area contributed by atoms with Crippen LogP contribution in [0.2, 0.25) is 0 Å². The molecule has 0 saturated carbocycles. The van der Waals surface area contributed by atoms with Crippen LogP contribution in [-0.4, -0.2) is 40.8 Å². The number of aromatic nitrogens is 1. The molecule has 5 heteroatoms. The topological polar surface area (TPSA) is 42.4 Å². The number of nitrogens with zero attached hydrogens (tertiary/aromatic N) is 2. The normalized spacial score (nSPS) is 27.5. The van der Waals surface area contributed by atoms with E-state index in [2.05, 4.69) is 48.0 Å². The number of halogens is 1. The Balaban J connectivity index is 0.00000245. The molecule has 1 N–H and O–H groups in total. The Kier molecular flexibility index (Phi) is 6.57. The Labute approximate surface area is 196 Å². The number of fused-ring (bicyclic) bond motifs is 4. The molecule has 0 radical (unpaired) electrons. The summed E-state index contributed by atoms with van der Waals surface area (Å²) < 4.78 is 6.38. The molecule has 2 bridgehead atoms. The number of rotatable bonds is 6. The fraction of sp³-hybridized carbons (Fsp3) is 0.370. The van der Waals surface area contributed by atoms with Gasteiger partial charge in [0, 0.05) is 35.9 Å². The van der Waals surface area contributed by atoms with E-state index in [1.807, 2.05) is 30.5 Å². The molecule has 6 rings (SSSR count). The lowest BCUT2D eigenvalue weighted by Crippen LogP contribution is -3.00. The number of piperidine rings is 3. The molecule has 2 aromatic carbocycles. The van der Waals surface area contributed by atoms with E-state index in [1.54, 1.807) is 7.11 Å². The monoisotopic (exact) mass is 450 g/mol. The van der Waals surface area contributed by atoms with E-state index in [0.29, 0.717) is 11.8 Å². The van der Waals surface area contributed by atoms with Crippen molar-refractivity contribution in [3.05, 3.63) is 84.6 Å². The van der Waals surface area contributed by atoms with Crippen molar-refractivity contribution in [1.29, 1.82) is 0 Å². The molecule has 168 valence electrons. The van der Waals surface area contributed by atoms with Gasteiger partial charge in [-0.2, -0.15) is 0 Å². The van der Waals surface area contributed by atoms with Crippen LogP contribution in [0.15, 0.2) is 73.4 Å². The Morgan fingerprint density at radius 2 is 2.03 bits per heavy atom. The highest BCUT2D eigenvalue weighted by atomic mass is 35.5. The van der Waals surface area contributed by atoms with Crippen molar-refractivity contribution in [2.24, 2.45) is 11.8 Å². The third-order valence-electron chi connectivity index (χ3n) is 7.68. The molecule has 0 spiro atoms. The summed E-state index contributed by atoms with van der Waals surface area (Å²) in [5, 5.41) is 12.8. The number of aliphatic hydroxyl groups excluding tert-OH is 1. The third-order valence-corrected chi connectivity index (χ3v) is 7.68. The molecule has 3 aliphatic heterocycles. The lowest BCUT2D eigenvalue weighted by molar-refractivity contribution is -0.984. The number of aliphatic hydroxyl groups is 1. The van der Waals surface area contributed by atoms with Crippen LogP contribution in [0.3, 0.4) is 0 Å². The van der Waals surface area contributed by atoms with E-state index >= 15 is 0 Å². The lowest BCUT2D eigenvalue weighted by Gasteiger charge is -2.58. The van der Waals surface area contributed by atoms with Crippen molar-refractivity contribution >= 4 is 10.9 Å². The van der Waals surface area contributed by atoms with Crippen LogP contribution in [0.1, 0.15) is 30.1 Å². The summed E-state index contributed by atoms with van der Waals surface area (Å²) in [6.45, 7) is 7.25. The Bertz CT molecular complexity index is 1090. The van der Waals surface area contributed by atoms with Crippen LogP contribution in [0.4, 0.5) is 0 Å². The molecule has 3 aromatic rings. The van der Waals surface area contributed by atoms with Gasteiger partial charge in [-0.3, -0.25) is 4.98 Å². The van der Waals surface area contributed by atoms with Crippen LogP contribution in [-0.2, 0) is 6.54 Å². The first-order chi connectivity index (χ1) is 15.1. The third kappa shape index (κ3) is 3.92. The molecule has 3 saturated heterocycles. The second kappa shape index (κ2) is 9.22. The van der Waals surface area contributed by atoms with Gasteiger partial charge in [-0.15, -0.1) is 6.58 Å². The van der Waals surface area contributed by atoms with Crippen molar-refractivity contribution in [2.75, 3.05) is 20.2 Å². The Morgan fingerprint density at radius 1 is 1.22 bits per heavy atom. The Morgan fingerprint density at radius 3 is 2.78 bits per heavy atom. The summed E-state index contributed by atoms with van der Waals surface area (Å²) in [7, 11) is 1.68. The summed E-state index contributed by atoms with van der Waals surface area (Å²) >= 11 is 0. The van der Waals surface area contributed by atoms with Gasteiger partial charge in [-0.05, 0) is 35.7 Å². The summed E-state index contributed by atoms with van der Waals surface area (Å²) in [6.07, 6.45) is 5.65. The molecule has 3 fully saturated rings. The molecular formula is C27H31ClN2O2. The predicted octanol–water partition coefficient (Wildman–Crippen LogP) is 1.89. The number of methoxy groups -OCH3 is 1. The number of hydrogen-bond donors (Lipinski definition) is 1. The van der Waals surface area contributed by atoms with E-state index < -0.39 is 6.10 Å². The van der Waals surface area contributed by atoms with Gasteiger partial charge in [0.25, 0.3) is 0 Å². The number of ether oxygens (including phenoxy) is 1. The molecule has 5 atom stereocenters. The molecule has 32 heavy (non-hydrogen) atoms. The average molecular weight is 451 g/mol. The van der Waals surface area contributed by atoms with Crippen molar-refractivity contribution in [1.82, 2.24) is 4.98 Å².